The van der Waals surface area contributed by atoms with Crippen LogP contribution in [0.15, 0.2) is 10.7 Å². The third kappa shape index (κ3) is 1.96. The first-order valence-corrected chi connectivity index (χ1v) is 5.24. The van der Waals surface area contributed by atoms with Gasteiger partial charge in [-0.3, -0.25) is 5.43 Å². The van der Waals surface area contributed by atoms with Gasteiger partial charge in [-0.25, -0.2) is 10.8 Å². The minimum Gasteiger partial charge on any atom is -0.473 e. The number of hydrogen-bond donors (Lipinski definition) is 2. The number of rotatable bonds is 3. The molecule has 0 aliphatic heterocycles. The number of nitrogen functional groups attached to an aromatic ring is 1. The van der Waals surface area contributed by atoms with Crippen molar-refractivity contribution in [1.29, 1.82) is 0 Å². The SMILES string of the molecule is NNc1ncc(Br)c(OC2CCC2)n1. The van der Waals surface area contributed by atoms with Gasteiger partial charge < -0.3 is 4.74 Å². The van der Waals surface area contributed by atoms with Crippen molar-refractivity contribution in [3.63, 3.8) is 0 Å². The van der Waals surface area contributed by atoms with Crippen LogP contribution in [0, 0.1) is 0 Å². The Morgan fingerprint density at radius 1 is 1.57 bits per heavy atom. The van der Waals surface area contributed by atoms with Crippen molar-refractivity contribution in [1.82, 2.24) is 9.97 Å². The zero-order chi connectivity index (χ0) is 9.97. The molecule has 0 bridgehead atoms. The summed E-state index contributed by atoms with van der Waals surface area (Å²) in [5.41, 5.74) is 2.38. The Balaban J connectivity index is 2.13. The summed E-state index contributed by atoms with van der Waals surface area (Å²) in [6.45, 7) is 0. The summed E-state index contributed by atoms with van der Waals surface area (Å²) in [7, 11) is 0. The largest absolute Gasteiger partial charge is 0.473 e. The highest BCUT2D eigenvalue weighted by molar-refractivity contribution is 9.10. The lowest BCUT2D eigenvalue weighted by Gasteiger charge is -2.26. The molecule has 1 aromatic heterocycles. The Kier molecular flexibility index (Phi) is 2.83. The Hall–Kier alpha value is -0.880. The molecule has 2 rings (SSSR count). The monoisotopic (exact) mass is 258 g/mol. The van der Waals surface area contributed by atoms with Crippen molar-refractivity contribution in [2.45, 2.75) is 25.4 Å². The van der Waals surface area contributed by atoms with E-state index in [4.69, 9.17) is 10.6 Å². The highest BCUT2D eigenvalue weighted by atomic mass is 79.9. The molecular formula is C8H11BrN4O. The molecule has 0 unspecified atom stereocenters. The van der Waals surface area contributed by atoms with E-state index < -0.39 is 0 Å². The van der Waals surface area contributed by atoms with Crippen molar-refractivity contribution in [2.75, 3.05) is 5.43 Å². The summed E-state index contributed by atoms with van der Waals surface area (Å²) >= 11 is 3.32. The predicted molar refractivity (Wildman–Crippen MR) is 55.8 cm³/mol. The van der Waals surface area contributed by atoms with Gasteiger partial charge in [-0.15, -0.1) is 0 Å². The molecule has 0 radical (unpaired) electrons. The van der Waals surface area contributed by atoms with E-state index in [0.717, 1.165) is 17.3 Å². The van der Waals surface area contributed by atoms with Gasteiger partial charge in [0.25, 0.3) is 0 Å². The molecule has 14 heavy (non-hydrogen) atoms. The number of aromatic nitrogens is 2. The molecule has 1 aromatic rings. The third-order valence-electron chi connectivity index (χ3n) is 2.17. The summed E-state index contributed by atoms with van der Waals surface area (Å²) in [4.78, 5) is 8.03. The zero-order valence-electron chi connectivity index (χ0n) is 7.53. The van der Waals surface area contributed by atoms with Gasteiger partial charge in [0, 0.05) is 0 Å². The first-order valence-electron chi connectivity index (χ1n) is 4.45. The number of nitrogens with one attached hydrogen (secondary N) is 1. The van der Waals surface area contributed by atoms with Gasteiger partial charge >= 0.3 is 0 Å². The van der Waals surface area contributed by atoms with Gasteiger partial charge in [0.1, 0.15) is 6.10 Å². The van der Waals surface area contributed by atoms with E-state index in [9.17, 15) is 0 Å². The first kappa shape index (κ1) is 9.67. The second-order valence-electron chi connectivity index (χ2n) is 3.16. The standard InChI is InChI=1S/C8H11BrN4O/c9-6-4-11-8(13-10)12-7(6)14-5-2-1-3-5/h4-5H,1-3,10H2,(H,11,12,13). The Bertz CT molecular complexity index is 329. The van der Waals surface area contributed by atoms with Gasteiger partial charge in [0.15, 0.2) is 0 Å². The van der Waals surface area contributed by atoms with Crippen LogP contribution >= 0.6 is 15.9 Å². The Morgan fingerprint density at radius 2 is 2.36 bits per heavy atom. The molecule has 5 nitrogen and oxygen atoms in total. The summed E-state index contributed by atoms with van der Waals surface area (Å²) in [6.07, 6.45) is 5.35. The Morgan fingerprint density at radius 3 is 2.93 bits per heavy atom. The molecule has 0 saturated heterocycles. The molecule has 0 aromatic carbocycles. The fraction of sp³-hybridized carbons (Fsp3) is 0.500. The van der Waals surface area contributed by atoms with Crippen LogP contribution in [0.25, 0.3) is 0 Å². The van der Waals surface area contributed by atoms with E-state index in [-0.39, 0.29) is 0 Å². The van der Waals surface area contributed by atoms with Crippen molar-refractivity contribution < 1.29 is 4.74 Å². The van der Waals surface area contributed by atoms with Crippen LogP contribution in [0.5, 0.6) is 5.88 Å². The number of hydrogen-bond acceptors (Lipinski definition) is 5. The number of anilines is 1. The molecule has 3 N–H and O–H groups in total. The third-order valence-corrected chi connectivity index (χ3v) is 2.72. The van der Waals surface area contributed by atoms with Gasteiger partial charge in [-0.2, -0.15) is 4.98 Å². The van der Waals surface area contributed by atoms with Crippen LogP contribution in [-0.2, 0) is 0 Å². The number of halogens is 1. The Labute approximate surface area is 90.2 Å². The van der Waals surface area contributed by atoms with Gasteiger partial charge in [-0.1, -0.05) is 0 Å². The van der Waals surface area contributed by atoms with Crippen LogP contribution in [0.2, 0.25) is 0 Å². The number of nitrogens with zero attached hydrogens (tertiary/aromatic N) is 2. The molecule has 6 heteroatoms. The van der Waals surface area contributed by atoms with E-state index in [1.807, 2.05) is 0 Å². The lowest BCUT2D eigenvalue weighted by molar-refractivity contribution is 0.113. The number of ether oxygens (including phenoxy) is 1. The molecular weight excluding hydrogens is 248 g/mol. The summed E-state index contributed by atoms with van der Waals surface area (Å²) in [6, 6.07) is 0. The van der Waals surface area contributed by atoms with Crippen molar-refractivity contribution in [3.8, 4) is 5.88 Å². The maximum absolute atomic E-state index is 5.63. The summed E-state index contributed by atoms with van der Waals surface area (Å²) in [5.74, 6) is 6.12. The van der Waals surface area contributed by atoms with Gasteiger partial charge in [0.05, 0.1) is 10.7 Å². The van der Waals surface area contributed by atoms with Gasteiger partial charge in [0.2, 0.25) is 11.8 Å². The van der Waals surface area contributed by atoms with E-state index in [1.54, 1.807) is 6.20 Å². The van der Waals surface area contributed by atoms with Crippen LogP contribution in [-0.4, -0.2) is 16.1 Å². The zero-order valence-corrected chi connectivity index (χ0v) is 9.12. The molecule has 76 valence electrons. The maximum atomic E-state index is 5.63. The fourth-order valence-corrected chi connectivity index (χ4v) is 1.43. The smallest absolute Gasteiger partial charge is 0.240 e. The molecule has 1 saturated carbocycles. The van der Waals surface area contributed by atoms with Crippen LogP contribution < -0.4 is 16.0 Å². The minimum absolute atomic E-state index is 0.298. The normalized spacial score (nSPS) is 16.1. The molecule has 0 spiro atoms. The molecule has 1 fully saturated rings. The lowest BCUT2D eigenvalue weighted by atomic mass is 9.96. The molecule has 1 heterocycles. The average Bonchev–Trinajstić information content (AvgIpc) is 2.14. The lowest BCUT2D eigenvalue weighted by Crippen LogP contribution is -2.25. The van der Waals surface area contributed by atoms with Crippen molar-refractivity contribution in [3.05, 3.63) is 10.7 Å². The van der Waals surface area contributed by atoms with Crippen molar-refractivity contribution in [2.24, 2.45) is 5.84 Å². The molecule has 1 aliphatic rings. The summed E-state index contributed by atoms with van der Waals surface area (Å²) in [5, 5.41) is 0. The van der Waals surface area contributed by atoms with E-state index in [0.29, 0.717) is 17.9 Å². The minimum atomic E-state index is 0.298. The average molecular weight is 259 g/mol. The molecule has 0 amide bonds. The van der Waals surface area contributed by atoms with Crippen LogP contribution in [0.4, 0.5) is 5.95 Å². The number of nitrogens with two attached hydrogens (primary N) is 1. The summed E-state index contributed by atoms with van der Waals surface area (Å²) < 4.78 is 6.38. The highest BCUT2D eigenvalue weighted by Crippen LogP contribution is 2.29. The van der Waals surface area contributed by atoms with Crippen LogP contribution in [0.3, 0.4) is 0 Å². The predicted octanol–water partition coefficient (Wildman–Crippen LogP) is 1.46. The van der Waals surface area contributed by atoms with Crippen LogP contribution in [0.1, 0.15) is 19.3 Å². The van der Waals surface area contributed by atoms with E-state index in [2.05, 4.69) is 31.3 Å². The molecule has 0 atom stereocenters. The quantitative estimate of drug-likeness (QED) is 0.635. The van der Waals surface area contributed by atoms with E-state index >= 15 is 0 Å². The first-order chi connectivity index (χ1) is 6.79. The maximum Gasteiger partial charge on any atom is 0.240 e. The second-order valence-corrected chi connectivity index (χ2v) is 4.02. The van der Waals surface area contributed by atoms with Crippen molar-refractivity contribution >= 4 is 21.9 Å². The molecule has 1 aliphatic carbocycles. The van der Waals surface area contributed by atoms with E-state index in [1.165, 1.54) is 6.42 Å². The van der Waals surface area contributed by atoms with Gasteiger partial charge in [-0.05, 0) is 35.2 Å². The second kappa shape index (κ2) is 4.10. The highest BCUT2D eigenvalue weighted by Gasteiger charge is 2.21. The fourth-order valence-electron chi connectivity index (χ4n) is 1.15. The number of hydrazine groups is 1. The topological polar surface area (TPSA) is 73.1 Å².